The van der Waals surface area contributed by atoms with Crippen LogP contribution in [0.25, 0.3) is 0 Å². The number of nitrogens with two attached hydrogens (primary N) is 1. The summed E-state index contributed by atoms with van der Waals surface area (Å²) in [5, 5.41) is 4.54. The molecular weight excluding hydrogens is 323 g/mol. The predicted octanol–water partition coefficient (Wildman–Crippen LogP) is 3.00. The van der Waals surface area contributed by atoms with Gasteiger partial charge >= 0.3 is 0 Å². The molecule has 2 rings (SSSR count). The average molecular weight is 341 g/mol. The summed E-state index contributed by atoms with van der Waals surface area (Å²) in [6.07, 6.45) is 4.23. The van der Waals surface area contributed by atoms with Gasteiger partial charge in [-0.15, -0.1) is 0 Å². The van der Waals surface area contributed by atoms with E-state index in [2.05, 4.69) is 32.9 Å². The molecule has 0 bridgehead atoms. The van der Waals surface area contributed by atoms with E-state index in [-0.39, 0.29) is 11.9 Å². The molecule has 0 amide bonds. The van der Waals surface area contributed by atoms with Gasteiger partial charge in [-0.1, -0.05) is 6.92 Å². The number of halogens is 2. The summed E-state index contributed by atoms with van der Waals surface area (Å²) in [4.78, 5) is 3.84. The van der Waals surface area contributed by atoms with Crippen molar-refractivity contribution in [2.45, 2.75) is 39.3 Å². The van der Waals surface area contributed by atoms with Crippen molar-refractivity contribution < 1.29 is 4.39 Å². The lowest BCUT2D eigenvalue weighted by Gasteiger charge is -2.13. The van der Waals surface area contributed by atoms with Crippen molar-refractivity contribution in [2.24, 2.45) is 5.73 Å². The number of aromatic nitrogens is 3. The summed E-state index contributed by atoms with van der Waals surface area (Å²) >= 11 is 3.59. The van der Waals surface area contributed by atoms with Crippen molar-refractivity contribution in [3.63, 3.8) is 0 Å². The Morgan fingerprint density at radius 2 is 2.15 bits per heavy atom. The van der Waals surface area contributed by atoms with Gasteiger partial charge in [0, 0.05) is 25.2 Å². The third-order valence-electron chi connectivity index (χ3n) is 3.26. The van der Waals surface area contributed by atoms with Crippen LogP contribution in [0.2, 0.25) is 0 Å². The zero-order valence-corrected chi connectivity index (χ0v) is 13.2. The van der Waals surface area contributed by atoms with Crippen LogP contribution in [0.5, 0.6) is 0 Å². The van der Waals surface area contributed by atoms with Crippen molar-refractivity contribution in [2.75, 3.05) is 0 Å². The van der Waals surface area contributed by atoms with Crippen LogP contribution in [0, 0.1) is 5.82 Å². The minimum atomic E-state index is -0.365. The second kappa shape index (κ2) is 6.45. The van der Waals surface area contributed by atoms with Gasteiger partial charge in [0.1, 0.15) is 5.82 Å². The second-order valence-corrected chi connectivity index (χ2v) is 5.42. The van der Waals surface area contributed by atoms with E-state index in [1.807, 2.05) is 11.6 Å². The van der Waals surface area contributed by atoms with Crippen LogP contribution >= 0.6 is 15.9 Å². The molecule has 1 atom stereocenters. The Balaban J connectivity index is 2.27. The number of hydrogen-bond donors (Lipinski definition) is 1. The van der Waals surface area contributed by atoms with Crippen LogP contribution in [0.15, 0.2) is 22.9 Å². The quantitative estimate of drug-likeness (QED) is 0.910. The van der Waals surface area contributed by atoms with Gasteiger partial charge in [0.25, 0.3) is 0 Å². The van der Waals surface area contributed by atoms with Gasteiger partial charge in [-0.2, -0.15) is 5.10 Å². The smallest absolute Gasteiger partial charge is 0.141 e. The average Bonchev–Trinajstić information content (AvgIpc) is 2.75. The largest absolute Gasteiger partial charge is 0.324 e. The van der Waals surface area contributed by atoms with Crippen molar-refractivity contribution >= 4 is 15.9 Å². The summed E-state index contributed by atoms with van der Waals surface area (Å²) in [6, 6.07) is 1.13. The molecule has 6 heteroatoms. The van der Waals surface area contributed by atoms with Crippen molar-refractivity contribution in [3.8, 4) is 0 Å². The molecule has 108 valence electrons. The first kappa shape index (κ1) is 15.1. The highest BCUT2D eigenvalue weighted by molar-refractivity contribution is 9.10. The highest BCUT2D eigenvalue weighted by Gasteiger charge is 2.18. The highest BCUT2D eigenvalue weighted by atomic mass is 79.9. The van der Waals surface area contributed by atoms with Crippen LogP contribution in [-0.2, 0) is 19.4 Å². The monoisotopic (exact) mass is 340 g/mol. The van der Waals surface area contributed by atoms with Gasteiger partial charge in [0.2, 0.25) is 0 Å². The maximum absolute atomic E-state index is 13.2. The first-order valence-electron chi connectivity index (χ1n) is 6.66. The van der Waals surface area contributed by atoms with Crippen LogP contribution < -0.4 is 5.73 Å². The molecule has 0 saturated heterocycles. The first-order chi connectivity index (χ1) is 9.56. The topological polar surface area (TPSA) is 56.7 Å². The van der Waals surface area contributed by atoms with E-state index in [4.69, 9.17) is 5.73 Å². The van der Waals surface area contributed by atoms with Gasteiger partial charge in [-0.25, -0.2) is 4.39 Å². The Bertz CT molecular complexity index is 597. The summed E-state index contributed by atoms with van der Waals surface area (Å²) in [7, 11) is 0. The molecule has 0 radical (unpaired) electrons. The summed E-state index contributed by atoms with van der Waals surface area (Å²) in [6.45, 7) is 4.88. The van der Waals surface area contributed by atoms with Gasteiger partial charge < -0.3 is 5.73 Å². The number of rotatable bonds is 5. The van der Waals surface area contributed by atoms with E-state index >= 15 is 0 Å². The van der Waals surface area contributed by atoms with E-state index in [9.17, 15) is 4.39 Å². The number of pyridine rings is 1. The highest BCUT2D eigenvalue weighted by Crippen LogP contribution is 2.26. The fourth-order valence-electron chi connectivity index (χ4n) is 2.17. The molecule has 2 N–H and O–H groups in total. The van der Waals surface area contributed by atoms with E-state index in [1.54, 1.807) is 6.20 Å². The van der Waals surface area contributed by atoms with E-state index in [1.165, 1.54) is 12.3 Å². The summed E-state index contributed by atoms with van der Waals surface area (Å²) < 4.78 is 16.1. The predicted molar refractivity (Wildman–Crippen MR) is 79.8 cm³/mol. The second-order valence-electron chi connectivity index (χ2n) is 4.62. The van der Waals surface area contributed by atoms with Gasteiger partial charge in [0.15, 0.2) is 0 Å². The Morgan fingerprint density at radius 3 is 2.75 bits per heavy atom. The molecule has 0 aliphatic heterocycles. The van der Waals surface area contributed by atoms with E-state index < -0.39 is 0 Å². The molecule has 0 saturated carbocycles. The number of aryl methyl sites for hydroxylation is 2. The zero-order chi connectivity index (χ0) is 14.7. The molecular formula is C14H18BrFN4. The van der Waals surface area contributed by atoms with E-state index in [0.29, 0.717) is 12.0 Å². The SMILES string of the molecule is CCc1nn(CC)c(CC(N)c2cncc(F)c2)c1Br. The summed E-state index contributed by atoms with van der Waals surface area (Å²) in [5.41, 5.74) is 8.93. The van der Waals surface area contributed by atoms with E-state index in [0.717, 1.165) is 28.8 Å². The maximum Gasteiger partial charge on any atom is 0.141 e. The molecule has 4 nitrogen and oxygen atoms in total. The fraction of sp³-hybridized carbons (Fsp3) is 0.429. The molecule has 0 aromatic carbocycles. The van der Waals surface area contributed by atoms with Crippen LogP contribution in [-0.4, -0.2) is 14.8 Å². The molecule has 2 aromatic rings. The molecule has 0 fully saturated rings. The van der Waals surface area contributed by atoms with Crippen LogP contribution in [0.3, 0.4) is 0 Å². The normalized spacial score (nSPS) is 12.7. The first-order valence-corrected chi connectivity index (χ1v) is 7.46. The minimum absolute atomic E-state index is 0.304. The molecule has 0 aliphatic rings. The lowest BCUT2D eigenvalue weighted by molar-refractivity contribution is 0.577. The third kappa shape index (κ3) is 3.07. The molecule has 0 spiro atoms. The minimum Gasteiger partial charge on any atom is -0.324 e. The maximum atomic E-state index is 13.2. The van der Waals surface area contributed by atoms with Crippen LogP contribution in [0.4, 0.5) is 4.39 Å². The van der Waals surface area contributed by atoms with Crippen molar-refractivity contribution in [3.05, 3.63) is 45.7 Å². The Labute approximate surface area is 126 Å². The van der Waals surface area contributed by atoms with Crippen molar-refractivity contribution in [1.29, 1.82) is 0 Å². The molecule has 2 heterocycles. The fourth-order valence-corrected chi connectivity index (χ4v) is 2.90. The van der Waals surface area contributed by atoms with Crippen LogP contribution in [0.1, 0.15) is 36.8 Å². The van der Waals surface area contributed by atoms with Gasteiger partial charge in [-0.3, -0.25) is 9.67 Å². The molecule has 20 heavy (non-hydrogen) atoms. The van der Waals surface area contributed by atoms with Crippen molar-refractivity contribution in [1.82, 2.24) is 14.8 Å². The Kier molecular flexibility index (Phi) is 4.88. The Morgan fingerprint density at radius 1 is 1.40 bits per heavy atom. The molecule has 1 unspecified atom stereocenters. The molecule has 0 aliphatic carbocycles. The lowest BCUT2D eigenvalue weighted by Crippen LogP contribution is -2.17. The third-order valence-corrected chi connectivity index (χ3v) is 4.18. The van der Waals surface area contributed by atoms with Gasteiger partial charge in [-0.05, 0) is 40.9 Å². The lowest BCUT2D eigenvalue weighted by atomic mass is 10.0. The zero-order valence-electron chi connectivity index (χ0n) is 11.6. The standard InChI is InChI=1S/C14H18BrFN4/c1-3-12-14(15)13(20(4-2)19-12)6-11(17)9-5-10(16)8-18-7-9/h5,7-8,11H,3-4,6,17H2,1-2H3. The summed E-state index contributed by atoms with van der Waals surface area (Å²) in [5.74, 6) is -0.365. The number of hydrogen-bond acceptors (Lipinski definition) is 3. The molecule has 2 aromatic heterocycles. The Hall–Kier alpha value is -1.27. The van der Waals surface area contributed by atoms with Gasteiger partial charge in [0.05, 0.1) is 22.1 Å². The number of nitrogens with zero attached hydrogens (tertiary/aromatic N) is 3.